The van der Waals surface area contributed by atoms with Crippen molar-refractivity contribution in [1.82, 2.24) is 0 Å². The van der Waals surface area contributed by atoms with Gasteiger partial charge in [-0.2, -0.15) is 0 Å². The molecular weight excluding hydrogens is 384 g/mol. The highest BCUT2D eigenvalue weighted by atomic mass is 16.6. The third-order valence-electron chi connectivity index (χ3n) is 5.35. The minimum absolute atomic E-state index is 0.247. The van der Waals surface area contributed by atoms with Crippen molar-refractivity contribution < 1.29 is 29.3 Å². The molecule has 0 saturated carbocycles. The van der Waals surface area contributed by atoms with Crippen molar-refractivity contribution in [2.75, 3.05) is 13.2 Å². The Morgan fingerprint density at radius 3 is 1.07 bits per heavy atom. The number of hydrogen-bond donors (Lipinski definition) is 2. The molecule has 30 heavy (non-hydrogen) atoms. The van der Waals surface area contributed by atoms with Gasteiger partial charge in [0.05, 0.1) is 0 Å². The number of carbonyl (C=O) groups is 2. The molecule has 0 aliphatic rings. The second-order valence-corrected chi connectivity index (χ2v) is 8.21. The zero-order valence-corrected chi connectivity index (χ0v) is 19.4. The highest BCUT2D eigenvalue weighted by Gasteiger charge is 2.35. The van der Waals surface area contributed by atoms with Gasteiger partial charge < -0.3 is 19.7 Å². The molecule has 0 aliphatic heterocycles. The highest BCUT2D eigenvalue weighted by molar-refractivity contribution is 5.83. The van der Waals surface area contributed by atoms with Crippen molar-refractivity contribution >= 4 is 11.9 Å². The lowest BCUT2D eigenvalue weighted by atomic mass is 10.1. The van der Waals surface area contributed by atoms with Crippen LogP contribution in [0, 0.1) is 0 Å². The summed E-state index contributed by atoms with van der Waals surface area (Å²) in [5, 5.41) is 18.8. The highest BCUT2D eigenvalue weighted by Crippen LogP contribution is 2.13. The largest absolute Gasteiger partial charge is 0.479 e. The van der Waals surface area contributed by atoms with E-state index in [-0.39, 0.29) is 13.2 Å². The van der Waals surface area contributed by atoms with Crippen LogP contribution in [-0.2, 0) is 19.1 Å². The van der Waals surface area contributed by atoms with Crippen molar-refractivity contribution in [3.63, 3.8) is 0 Å². The van der Waals surface area contributed by atoms with E-state index in [9.17, 15) is 19.8 Å². The van der Waals surface area contributed by atoms with Crippen LogP contribution in [0.5, 0.6) is 0 Å². The van der Waals surface area contributed by atoms with Gasteiger partial charge in [0.25, 0.3) is 0 Å². The summed E-state index contributed by atoms with van der Waals surface area (Å²) in [6, 6.07) is 0. The molecule has 0 radical (unpaired) electrons. The molecule has 0 unspecified atom stereocenters. The molecule has 0 heterocycles. The van der Waals surface area contributed by atoms with Crippen molar-refractivity contribution in [2.45, 2.75) is 129 Å². The molecule has 0 spiro atoms. The SMILES string of the molecule is CCCCCCCCCCO[C@H](C(=O)O)[C@H](OCCCCCCCCCC)C(=O)O. The summed E-state index contributed by atoms with van der Waals surface area (Å²) in [7, 11) is 0. The van der Waals surface area contributed by atoms with Crippen molar-refractivity contribution in [3.05, 3.63) is 0 Å². The van der Waals surface area contributed by atoms with E-state index in [1.807, 2.05) is 0 Å². The van der Waals surface area contributed by atoms with Gasteiger partial charge in [0.1, 0.15) is 0 Å². The third kappa shape index (κ3) is 16.6. The number of carboxylic acid groups (broad SMARTS) is 2. The van der Waals surface area contributed by atoms with Gasteiger partial charge in [0.2, 0.25) is 0 Å². The molecule has 0 aromatic rings. The van der Waals surface area contributed by atoms with Crippen LogP contribution in [0.15, 0.2) is 0 Å². The standard InChI is InChI=1S/C24H46O6/c1-3-5-7-9-11-13-15-17-19-29-21(23(25)26)22(24(27)28)30-20-18-16-14-12-10-8-6-4-2/h21-22H,3-20H2,1-2H3,(H,25,26)(H,27,28)/t21-,22-/m0/s1. The minimum Gasteiger partial charge on any atom is -0.479 e. The lowest BCUT2D eigenvalue weighted by Crippen LogP contribution is -2.44. The number of hydrogen-bond acceptors (Lipinski definition) is 4. The third-order valence-corrected chi connectivity index (χ3v) is 5.35. The Bertz CT molecular complexity index is 375. The Morgan fingerprint density at radius 1 is 0.533 bits per heavy atom. The Kier molecular flexibility index (Phi) is 20.3. The van der Waals surface area contributed by atoms with E-state index in [0.29, 0.717) is 0 Å². The van der Waals surface area contributed by atoms with Crippen molar-refractivity contribution in [2.24, 2.45) is 0 Å². The van der Waals surface area contributed by atoms with Gasteiger partial charge in [0.15, 0.2) is 12.2 Å². The van der Waals surface area contributed by atoms with E-state index < -0.39 is 24.1 Å². The van der Waals surface area contributed by atoms with Crippen molar-refractivity contribution in [3.8, 4) is 0 Å². The van der Waals surface area contributed by atoms with E-state index in [2.05, 4.69) is 13.8 Å². The lowest BCUT2D eigenvalue weighted by molar-refractivity contribution is -0.176. The first kappa shape index (κ1) is 28.9. The normalized spacial score (nSPS) is 13.3. The molecule has 0 aromatic carbocycles. The molecular formula is C24H46O6. The number of ether oxygens (including phenoxy) is 2. The second-order valence-electron chi connectivity index (χ2n) is 8.21. The number of carboxylic acids is 2. The number of rotatable bonds is 23. The molecule has 0 aromatic heterocycles. The molecule has 6 heteroatoms. The van der Waals surface area contributed by atoms with Gasteiger partial charge in [-0.3, -0.25) is 0 Å². The van der Waals surface area contributed by atoms with Crippen LogP contribution in [0.25, 0.3) is 0 Å². The van der Waals surface area contributed by atoms with E-state index in [1.54, 1.807) is 0 Å². The fourth-order valence-corrected chi connectivity index (χ4v) is 3.47. The maximum Gasteiger partial charge on any atom is 0.336 e. The Labute approximate surface area is 183 Å². The molecule has 0 bridgehead atoms. The second kappa shape index (κ2) is 21.1. The molecule has 6 nitrogen and oxygen atoms in total. The smallest absolute Gasteiger partial charge is 0.336 e. The first-order chi connectivity index (χ1) is 14.5. The summed E-state index contributed by atoms with van der Waals surface area (Å²) in [6.45, 7) is 4.88. The van der Waals surface area contributed by atoms with Crippen LogP contribution in [0.4, 0.5) is 0 Å². The summed E-state index contributed by atoms with van der Waals surface area (Å²) in [5.41, 5.74) is 0. The Morgan fingerprint density at radius 2 is 0.800 bits per heavy atom. The van der Waals surface area contributed by atoms with Gasteiger partial charge in [0, 0.05) is 13.2 Å². The first-order valence-corrected chi connectivity index (χ1v) is 12.2. The van der Waals surface area contributed by atoms with E-state index in [1.165, 1.54) is 64.2 Å². The Hall–Kier alpha value is -1.14. The van der Waals surface area contributed by atoms with Gasteiger partial charge in [-0.15, -0.1) is 0 Å². The van der Waals surface area contributed by atoms with Gasteiger partial charge in [-0.1, -0.05) is 104 Å². The molecule has 0 saturated heterocycles. The van der Waals surface area contributed by atoms with Crippen LogP contribution in [0.2, 0.25) is 0 Å². The fraction of sp³-hybridized carbons (Fsp3) is 0.917. The summed E-state index contributed by atoms with van der Waals surface area (Å²) >= 11 is 0. The first-order valence-electron chi connectivity index (χ1n) is 12.2. The van der Waals surface area contributed by atoms with Crippen LogP contribution >= 0.6 is 0 Å². The summed E-state index contributed by atoms with van der Waals surface area (Å²) in [5.74, 6) is -2.56. The summed E-state index contributed by atoms with van der Waals surface area (Å²) < 4.78 is 10.8. The topological polar surface area (TPSA) is 93.1 Å². The number of unbranched alkanes of at least 4 members (excludes halogenated alkanes) is 14. The maximum atomic E-state index is 11.5. The predicted molar refractivity (Wildman–Crippen MR) is 120 cm³/mol. The van der Waals surface area contributed by atoms with Crippen molar-refractivity contribution in [1.29, 1.82) is 0 Å². The predicted octanol–water partition coefficient (Wildman–Crippen LogP) is 6.21. The van der Waals surface area contributed by atoms with E-state index in [4.69, 9.17) is 9.47 Å². The number of aliphatic carboxylic acids is 2. The monoisotopic (exact) mass is 430 g/mol. The van der Waals surface area contributed by atoms with Gasteiger partial charge in [-0.05, 0) is 12.8 Å². The molecule has 0 amide bonds. The van der Waals surface area contributed by atoms with E-state index >= 15 is 0 Å². The molecule has 0 aliphatic carbocycles. The fourth-order valence-electron chi connectivity index (χ4n) is 3.47. The van der Waals surface area contributed by atoms with Crippen LogP contribution < -0.4 is 0 Å². The minimum atomic E-state index is -1.46. The zero-order valence-electron chi connectivity index (χ0n) is 19.4. The molecule has 2 atom stereocenters. The zero-order chi connectivity index (χ0) is 22.5. The molecule has 0 fully saturated rings. The van der Waals surface area contributed by atoms with E-state index in [0.717, 1.165) is 38.5 Å². The molecule has 2 N–H and O–H groups in total. The lowest BCUT2D eigenvalue weighted by Gasteiger charge is -2.21. The van der Waals surface area contributed by atoms with Crippen LogP contribution in [-0.4, -0.2) is 47.6 Å². The van der Waals surface area contributed by atoms with Crippen LogP contribution in [0.3, 0.4) is 0 Å². The Balaban J connectivity index is 4.02. The van der Waals surface area contributed by atoms with Gasteiger partial charge >= 0.3 is 11.9 Å². The molecule has 178 valence electrons. The summed E-state index contributed by atoms with van der Waals surface area (Å²) in [6.07, 6.45) is 15.1. The maximum absolute atomic E-state index is 11.5. The molecule has 0 rings (SSSR count). The average molecular weight is 431 g/mol. The summed E-state index contributed by atoms with van der Waals surface area (Å²) in [4.78, 5) is 23.0. The average Bonchev–Trinajstić information content (AvgIpc) is 2.71. The van der Waals surface area contributed by atoms with Crippen LogP contribution in [0.1, 0.15) is 117 Å². The van der Waals surface area contributed by atoms with Gasteiger partial charge in [-0.25, -0.2) is 9.59 Å². The quantitative estimate of drug-likeness (QED) is 0.187.